The fraction of sp³-hybridized carbons (Fsp3) is 0.286. The number of amides is 2. The highest BCUT2D eigenvalue weighted by Gasteiger charge is 2.36. The van der Waals surface area contributed by atoms with E-state index in [9.17, 15) is 27.6 Å². The van der Waals surface area contributed by atoms with E-state index < -0.39 is 41.2 Å². The Balaban J connectivity index is 1.54. The number of rotatable bonds is 6. The molecule has 1 aliphatic heterocycles. The summed E-state index contributed by atoms with van der Waals surface area (Å²) < 4.78 is 48.8. The van der Waals surface area contributed by atoms with Gasteiger partial charge in [0.25, 0.3) is 5.91 Å². The second-order valence-corrected chi connectivity index (χ2v) is 7.36. The molecule has 32 heavy (non-hydrogen) atoms. The molecular formula is C21H18ClF3N2O5. The molecule has 11 heteroatoms. The van der Waals surface area contributed by atoms with Gasteiger partial charge in [-0.25, -0.2) is 0 Å². The van der Waals surface area contributed by atoms with Crippen molar-refractivity contribution >= 4 is 40.8 Å². The molecule has 0 saturated carbocycles. The van der Waals surface area contributed by atoms with Crippen molar-refractivity contribution < 1.29 is 37.0 Å². The first-order valence-corrected chi connectivity index (χ1v) is 9.74. The van der Waals surface area contributed by atoms with Gasteiger partial charge in [0.05, 0.1) is 23.6 Å². The molecule has 2 aromatic rings. The molecule has 0 unspecified atom stereocenters. The molecule has 2 aromatic carbocycles. The maximum atomic E-state index is 12.9. The summed E-state index contributed by atoms with van der Waals surface area (Å²) >= 11 is 5.54. The summed E-state index contributed by atoms with van der Waals surface area (Å²) in [6.07, 6.45) is -4.77. The van der Waals surface area contributed by atoms with Crippen molar-refractivity contribution in [2.45, 2.75) is 12.6 Å². The van der Waals surface area contributed by atoms with Crippen LogP contribution in [0.5, 0.6) is 5.75 Å². The zero-order valence-electron chi connectivity index (χ0n) is 16.7. The zero-order valence-corrected chi connectivity index (χ0v) is 17.5. The second-order valence-electron chi connectivity index (χ2n) is 6.95. The highest BCUT2D eigenvalue weighted by molar-refractivity contribution is 6.31. The number of halogens is 4. The summed E-state index contributed by atoms with van der Waals surface area (Å²) in [5, 5.41) is 1.71. The Labute approximate surface area is 186 Å². The SMILES string of the molecule is COc1ccc(N2C[C@H](C(=O)OCC(=O)Nc3ccc(Cl)c(C(F)(F)F)c3)CC2=O)cc1. The lowest BCUT2D eigenvalue weighted by atomic mass is 10.1. The fourth-order valence-corrected chi connectivity index (χ4v) is 3.37. The molecule has 1 N–H and O–H groups in total. The maximum Gasteiger partial charge on any atom is 0.417 e. The van der Waals surface area contributed by atoms with Gasteiger partial charge in [-0.1, -0.05) is 11.6 Å². The van der Waals surface area contributed by atoms with Gasteiger partial charge in [0.1, 0.15) is 5.75 Å². The van der Waals surface area contributed by atoms with Crippen LogP contribution in [-0.4, -0.2) is 38.0 Å². The van der Waals surface area contributed by atoms with Crippen molar-refractivity contribution in [3.8, 4) is 5.75 Å². The summed E-state index contributed by atoms with van der Waals surface area (Å²) in [7, 11) is 1.51. The van der Waals surface area contributed by atoms with Gasteiger partial charge in [0, 0.05) is 24.3 Å². The first-order valence-electron chi connectivity index (χ1n) is 9.36. The zero-order chi connectivity index (χ0) is 23.5. The Morgan fingerprint density at radius 1 is 1.19 bits per heavy atom. The number of carbonyl (C=O) groups excluding carboxylic acids is 3. The van der Waals surface area contributed by atoms with Crippen molar-refractivity contribution in [3.05, 3.63) is 53.1 Å². The average molecular weight is 471 g/mol. The predicted octanol–water partition coefficient (Wildman–Crippen LogP) is 3.90. The van der Waals surface area contributed by atoms with Crippen LogP contribution in [0.4, 0.5) is 24.5 Å². The molecule has 170 valence electrons. The number of ether oxygens (including phenoxy) is 2. The number of hydrogen-bond acceptors (Lipinski definition) is 5. The number of nitrogens with zero attached hydrogens (tertiary/aromatic N) is 1. The number of carbonyl (C=O) groups is 3. The molecule has 0 bridgehead atoms. The number of alkyl halides is 3. The molecule has 1 saturated heterocycles. The van der Waals surface area contributed by atoms with E-state index in [4.69, 9.17) is 21.1 Å². The Bertz CT molecular complexity index is 1030. The number of esters is 1. The molecule has 7 nitrogen and oxygen atoms in total. The first kappa shape index (κ1) is 23.4. The van der Waals surface area contributed by atoms with E-state index in [1.54, 1.807) is 24.3 Å². The topological polar surface area (TPSA) is 84.9 Å². The monoisotopic (exact) mass is 470 g/mol. The van der Waals surface area contributed by atoms with Gasteiger partial charge in [-0.15, -0.1) is 0 Å². The molecule has 2 amide bonds. The lowest BCUT2D eigenvalue weighted by Crippen LogP contribution is -2.28. The minimum absolute atomic E-state index is 0.0811. The Hall–Kier alpha value is -3.27. The number of benzene rings is 2. The maximum absolute atomic E-state index is 12.9. The predicted molar refractivity (Wildman–Crippen MR) is 109 cm³/mol. The van der Waals surface area contributed by atoms with Crippen molar-refractivity contribution in [1.82, 2.24) is 0 Å². The minimum Gasteiger partial charge on any atom is -0.497 e. The van der Waals surface area contributed by atoms with Crippen LogP contribution in [0.2, 0.25) is 5.02 Å². The van der Waals surface area contributed by atoms with E-state index in [1.165, 1.54) is 18.1 Å². The van der Waals surface area contributed by atoms with Crippen molar-refractivity contribution in [2.75, 3.05) is 30.5 Å². The molecule has 3 rings (SSSR count). The van der Waals surface area contributed by atoms with E-state index in [2.05, 4.69) is 5.32 Å². The standard InChI is InChI=1S/C21H18ClF3N2O5/c1-31-15-5-3-14(4-6-15)27-10-12(8-19(27)29)20(30)32-11-18(28)26-13-2-7-17(22)16(9-13)21(23,24)25/h2-7,9,12H,8,10-11H2,1H3,(H,26,28)/t12-/m1/s1. The van der Waals surface area contributed by atoms with Crippen LogP contribution < -0.4 is 15.0 Å². The van der Waals surface area contributed by atoms with Crippen molar-refractivity contribution in [1.29, 1.82) is 0 Å². The van der Waals surface area contributed by atoms with Gasteiger partial charge in [-0.05, 0) is 42.5 Å². The van der Waals surface area contributed by atoms with Gasteiger partial charge in [0.2, 0.25) is 5.91 Å². The number of hydrogen-bond donors (Lipinski definition) is 1. The summed E-state index contributed by atoms with van der Waals surface area (Å²) in [4.78, 5) is 38.0. The normalized spacial score (nSPS) is 16.1. The van der Waals surface area contributed by atoms with Gasteiger partial charge in [0.15, 0.2) is 6.61 Å². The van der Waals surface area contributed by atoms with E-state index >= 15 is 0 Å². The van der Waals surface area contributed by atoms with Gasteiger partial charge in [-0.2, -0.15) is 13.2 Å². The Morgan fingerprint density at radius 3 is 2.50 bits per heavy atom. The third kappa shape index (κ3) is 5.50. The van der Waals surface area contributed by atoms with E-state index in [1.807, 2.05) is 0 Å². The number of nitrogens with one attached hydrogen (secondary N) is 1. The van der Waals surface area contributed by atoms with Gasteiger partial charge >= 0.3 is 12.1 Å². The van der Waals surface area contributed by atoms with Crippen LogP contribution >= 0.6 is 11.6 Å². The van der Waals surface area contributed by atoms with Crippen LogP contribution in [0, 0.1) is 5.92 Å². The molecule has 0 spiro atoms. The largest absolute Gasteiger partial charge is 0.497 e. The molecule has 1 aliphatic rings. The average Bonchev–Trinajstić information content (AvgIpc) is 3.14. The van der Waals surface area contributed by atoms with E-state index in [0.29, 0.717) is 17.5 Å². The van der Waals surface area contributed by atoms with Crippen LogP contribution in [0.25, 0.3) is 0 Å². The number of anilines is 2. The van der Waals surface area contributed by atoms with Gasteiger partial charge < -0.3 is 19.7 Å². The molecule has 0 aromatic heterocycles. The third-order valence-corrected chi connectivity index (χ3v) is 5.07. The van der Waals surface area contributed by atoms with Crippen LogP contribution in [0.3, 0.4) is 0 Å². The third-order valence-electron chi connectivity index (χ3n) is 4.74. The molecule has 0 radical (unpaired) electrons. The first-order chi connectivity index (χ1) is 15.1. The lowest BCUT2D eigenvalue weighted by Gasteiger charge is -2.17. The van der Waals surface area contributed by atoms with Crippen LogP contribution in [0.15, 0.2) is 42.5 Å². The molecular weight excluding hydrogens is 453 g/mol. The van der Waals surface area contributed by atoms with E-state index in [0.717, 1.165) is 6.07 Å². The quantitative estimate of drug-likeness (QED) is 0.647. The van der Waals surface area contributed by atoms with E-state index in [-0.39, 0.29) is 24.6 Å². The second kappa shape index (κ2) is 9.47. The lowest BCUT2D eigenvalue weighted by molar-refractivity contribution is -0.151. The fourth-order valence-electron chi connectivity index (χ4n) is 3.15. The Morgan fingerprint density at radius 2 is 1.88 bits per heavy atom. The number of methoxy groups -OCH3 is 1. The molecule has 1 heterocycles. The molecule has 1 atom stereocenters. The summed E-state index contributed by atoms with van der Waals surface area (Å²) in [6.45, 7) is -0.631. The highest BCUT2D eigenvalue weighted by Crippen LogP contribution is 2.36. The van der Waals surface area contributed by atoms with Crippen molar-refractivity contribution in [2.24, 2.45) is 5.92 Å². The minimum atomic E-state index is -4.69. The summed E-state index contributed by atoms with van der Waals surface area (Å²) in [5.74, 6) is -2.01. The molecule has 0 aliphatic carbocycles. The summed E-state index contributed by atoms with van der Waals surface area (Å²) in [6, 6.07) is 9.60. The molecule has 1 fully saturated rings. The summed E-state index contributed by atoms with van der Waals surface area (Å²) in [5.41, 5.74) is -0.659. The Kier molecular flexibility index (Phi) is 6.93. The van der Waals surface area contributed by atoms with Gasteiger partial charge in [-0.3, -0.25) is 14.4 Å². The highest BCUT2D eigenvalue weighted by atomic mass is 35.5. The van der Waals surface area contributed by atoms with Crippen LogP contribution in [0.1, 0.15) is 12.0 Å². The smallest absolute Gasteiger partial charge is 0.417 e. The van der Waals surface area contributed by atoms with Crippen LogP contribution in [-0.2, 0) is 25.3 Å². The van der Waals surface area contributed by atoms with Crippen molar-refractivity contribution in [3.63, 3.8) is 0 Å².